The minimum Gasteiger partial charge on any atom is -0.508 e. The van der Waals surface area contributed by atoms with Crippen molar-refractivity contribution in [2.75, 3.05) is 0 Å². The van der Waals surface area contributed by atoms with E-state index in [1.165, 1.54) is 18.3 Å². The molecule has 3 N–H and O–H groups in total. The van der Waals surface area contributed by atoms with Crippen molar-refractivity contribution in [3.63, 3.8) is 0 Å². The van der Waals surface area contributed by atoms with Crippen molar-refractivity contribution in [3.05, 3.63) is 29.8 Å². The third-order valence-electron chi connectivity index (χ3n) is 1.90. The first-order valence-corrected chi connectivity index (χ1v) is 5.42. The summed E-state index contributed by atoms with van der Waals surface area (Å²) in [6.07, 6.45) is 1.37. The second-order valence-electron chi connectivity index (χ2n) is 3.92. The minimum atomic E-state index is -0.821. The van der Waals surface area contributed by atoms with Crippen LogP contribution in [-0.4, -0.2) is 29.2 Å². The molecule has 0 aliphatic carbocycles. The lowest BCUT2D eigenvalue weighted by Gasteiger charge is -2.05. The van der Waals surface area contributed by atoms with Crippen molar-refractivity contribution in [2.45, 2.75) is 19.9 Å². The van der Waals surface area contributed by atoms with Crippen molar-refractivity contribution in [3.8, 4) is 5.75 Å². The van der Waals surface area contributed by atoms with Crippen LogP contribution in [0.15, 0.2) is 29.4 Å². The molecule has 18 heavy (non-hydrogen) atoms. The molecule has 1 aromatic carbocycles. The van der Waals surface area contributed by atoms with Gasteiger partial charge in [-0.1, -0.05) is 0 Å². The highest BCUT2D eigenvalue weighted by atomic mass is 16.3. The highest BCUT2D eigenvalue weighted by Gasteiger charge is 2.12. The van der Waals surface area contributed by atoms with Crippen LogP contribution in [0.3, 0.4) is 0 Å². The van der Waals surface area contributed by atoms with Crippen LogP contribution in [0.4, 0.5) is 0 Å². The largest absolute Gasteiger partial charge is 0.508 e. The summed E-state index contributed by atoms with van der Waals surface area (Å²) < 4.78 is 0. The first-order valence-electron chi connectivity index (χ1n) is 5.42. The standard InChI is InChI=1S/C12H15N3O3/c1-8(2)14-11(17)12(18)15-13-7-9-3-5-10(16)6-4-9/h3-8,16H,1-2H3,(H,14,17)(H,15,18)/b13-7-. The van der Waals surface area contributed by atoms with E-state index in [9.17, 15) is 9.59 Å². The van der Waals surface area contributed by atoms with E-state index < -0.39 is 11.8 Å². The highest BCUT2D eigenvalue weighted by Crippen LogP contribution is 2.07. The van der Waals surface area contributed by atoms with E-state index in [1.807, 2.05) is 0 Å². The molecule has 1 aromatic rings. The van der Waals surface area contributed by atoms with Crippen LogP contribution in [0.2, 0.25) is 0 Å². The normalized spacial score (nSPS) is 10.6. The van der Waals surface area contributed by atoms with Crippen LogP contribution in [0.5, 0.6) is 5.75 Å². The van der Waals surface area contributed by atoms with E-state index in [2.05, 4.69) is 15.8 Å². The van der Waals surface area contributed by atoms with Crippen LogP contribution in [0.1, 0.15) is 19.4 Å². The number of carbonyl (C=O) groups is 2. The zero-order valence-corrected chi connectivity index (χ0v) is 10.2. The molecule has 2 amide bonds. The molecule has 96 valence electrons. The molecule has 1 rings (SSSR count). The molecular formula is C12H15N3O3. The first kappa shape index (κ1) is 13.7. The predicted octanol–water partition coefficient (Wildman–Crippen LogP) is 0.367. The first-order chi connectivity index (χ1) is 8.49. The lowest BCUT2D eigenvalue weighted by Crippen LogP contribution is -2.41. The van der Waals surface area contributed by atoms with Crippen molar-refractivity contribution in [1.29, 1.82) is 0 Å². The molecule has 0 aliphatic rings. The maximum Gasteiger partial charge on any atom is 0.329 e. The molecular weight excluding hydrogens is 234 g/mol. The molecule has 0 fully saturated rings. The van der Waals surface area contributed by atoms with Gasteiger partial charge in [0.15, 0.2) is 0 Å². The molecule has 0 aliphatic heterocycles. The van der Waals surface area contributed by atoms with Crippen LogP contribution in [0, 0.1) is 0 Å². The SMILES string of the molecule is CC(C)NC(=O)C(=O)N/N=C\c1ccc(O)cc1. The van der Waals surface area contributed by atoms with Gasteiger partial charge in [-0.3, -0.25) is 9.59 Å². The number of rotatable bonds is 3. The number of nitrogens with zero attached hydrogens (tertiary/aromatic N) is 1. The van der Waals surface area contributed by atoms with Gasteiger partial charge in [-0.25, -0.2) is 5.43 Å². The molecule has 0 spiro atoms. The lowest BCUT2D eigenvalue weighted by molar-refractivity contribution is -0.139. The van der Waals surface area contributed by atoms with Crippen molar-refractivity contribution < 1.29 is 14.7 Å². The number of nitrogens with one attached hydrogen (secondary N) is 2. The second kappa shape index (κ2) is 6.39. The number of amides is 2. The van der Waals surface area contributed by atoms with E-state index in [-0.39, 0.29) is 11.8 Å². The highest BCUT2D eigenvalue weighted by molar-refractivity contribution is 6.35. The van der Waals surface area contributed by atoms with Gasteiger partial charge in [0.2, 0.25) is 0 Å². The van der Waals surface area contributed by atoms with Gasteiger partial charge in [0.25, 0.3) is 0 Å². The predicted molar refractivity (Wildman–Crippen MR) is 67.1 cm³/mol. The van der Waals surface area contributed by atoms with E-state index in [0.29, 0.717) is 5.56 Å². The van der Waals surface area contributed by atoms with Crippen LogP contribution >= 0.6 is 0 Å². The average molecular weight is 249 g/mol. The zero-order valence-electron chi connectivity index (χ0n) is 10.2. The number of hydrogen-bond donors (Lipinski definition) is 3. The van der Waals surface area contributed by atoms with Gasteiger partial charge in [-0.15, -0.1) is 0 Å². The van der Waals surface area contributed by atoms with Gasteiger partial charge < -0.3 is 10.4 Å². The quantitative estimate of drug-likeness (QED) is 0.410. The molecule has 0 saturated carbocycles. The fourth-order valence-corrected chi connectivity index (χ4v) is 1.10. The van der Waals surface area contributed by atoms with E-state index in [0.717, 1.165) is 0 Å². The van der Waals surface area contributed by atoms with Crippen LogP contribution in [0.25, 0.3) is 0 Å². The summed E-state index contributed by atoms with van der Waals surface area (Å²) in [7, 11) is 0. The Balaban J connectivity index is 2.47. The monoisotopic (exact) mass is 249 g/mol. The Morgan fingerprint density at radius 1 is 1.22 bits per heavy atom. The van der Waals surface area contributed by atoms with Gasteiger partial charge in [0, 0.05) is 6.04 Å². The topological polar surface area (TPSA) is 90.8 Å². The van der Waals surface area contributed by atoms with Crippen LogP contribution < -0.4 is 10.7 Å². The maximum atomic E-state index is 11.2. The molecule has 0 atom stereocenters. The van der Waals surface area contributed by atoms with E-state index in [4.69, 9.17) is 5.11 Å². The zero-order chi connectivity index (χ0) is 13.5. The van der Waals surface area contributed by atoms with Crippen molar-refractivity contribution in [2.24, 2.45) is 5.10 Å². The van der Waals surface area contributed by atoms with E-state index in [1.54, 1.807) is 26.0 Å². The fourth-order valence-electron chi connectivity index (χ4n) is 1.10. The summed E-state index contributed by atoms with van der Waals surface area (Å²) in [5.74, 6) is -1.40. The summed E-state index contributed by atoms with van der Waals surface area (Å²) in [6.45, 7) is 3.51. The molecule has 6 heteroatoms. The number of carbonyl (C=O) groups excluding carboxylic acids is 2. The number of phenols is 1. The Hall–Kier alpha value is -2.37. The second-order valence-corrected chi connectivity index (χ2v) is 3.92. The van der Waals surface area contributed by atoms with Crippen molar-refractivity contribution >= 4 is 18.0 Å². The summed E-state index contributed by atoms with van der Waals surface area (Å²) in [5, 5.41) is 15.1. The molecule has 0 bridgehead atoms. The van der Waals surface area contributed by atoms with Gasteiger partial charge >= 0.3 is 11.8 Å². The summed E-state index contributed by atoms with van der Waals surface area (Å²) in [6, 6.07) is 6.13. The lowest BCUT2D eigenvalue weighted by atomic mass is 10.2. The molecule has 0 unspecified atom stereocenters. The Morgan fingerprint density at radius 2 is 1.83 bits per heavy atom. The molecule has 0 radical (unpaired) electrons. The number of aromatic hydroxyl groups is 1. The van der Waals surface area contributed by atoms with E-state index >= 15 is 0 Å². The fraction of sp³-hybridized carbons (Fsp3) is 0.250. The Labute approximate surface area is 105 Å². The summed E-state index contributed by atoms with van der Waals surface area (Å²) >= 11 is 0. The smallest absolute Gasteiger partial charge is 0.329 e. The molecule has 0 saturated heterocycles. The number of benzene rings is 1. The third kappa shape index (κ3) is 4.65. The Morgan fingerprint density at radius 3 is 2.39 bits per heavy atom. The maximum absolute atomic E-state index is 11.2. The molecule has 6 nitrogen and oxygen atoms in total. The number of phenolic OH excluding ortho intramolecular Hbond substituents is 1. The van der Waals surface area contributed by atoms with Crippen LogP contribution in [-0.2, 0) is 9.59 Å². The molecule has 0 heterocycles. The number of hydrazone groups is 1. The van der Waals surface area contributed by atoms with Gasteiger partial charge in [-0.2, -0.15) is 5.10 Å². The van der Waals surface area contributed by atoms with Gasteiger partial charge in [-0.05, 0) is 43.7 Å². The van der Waals surface area contributed by atoms with Gasteiger partial charge in [0.05, 0.1) is 6.21 Å². The van der Waals surface area contributed by atoms with Crippen molar-refractivity contribution in [1.82, 2.24) is 10.7 Å². The Bertz CT molecular complexity index is 452. The Kier molecular flexibility index (Phi) is 4.86. The molecule has 0 aromatic heterocycles. The number of hydrogen-bond acceptors (Lipinski definition) is 4. The summed E-state index contributed by atoms with van der Waals surface area (Å²) in [4.78, 5) is 22.5. The minimum absolute atomic E-state index is 0.107. The summed E-state index contributed by atoms with van der Waals surface area (Å²) in [5.41, 5.74) is 2.80. The third-order valence-corrected chi connectivity index (χ3v) is 1.90. The average Bonchev–Trinajstić information content (AvgIpc) is 2.30. The van der Waals surface area contributed by atoms with Gasteiger partial charge in [0.1, 0.15) is 5.75 Å².